The van der Waals surface area contributed by atoms with Crippen molar-refractivity contribution in [2.24, 2.45) is 23.7 Å². The molecule has 2 N–H and O–H groups in total. The van der Waals surface area contributed by atoms with Crippen molar-refractivity contribution in [3.8, 4) is 0 Å². The van der Waals surface area contributed by atoms with Crippen LogP contribution in [0.5, 0.6) is 0 Å². The topological polar surface area (TPSA) is 107 Å². The zero-order valence-corrected chi connectivity index (χ0v) is 22.0. The van der Waals surface area contributed by atoms with Gasteiger partial charge in [0.15, 0.2) is 0 Å². The number of benzene rings is 1. The number of carbonyl (C=O) groups is 2. The first kappa shape index (κ1) is 27.5. The first-order valence-electron chi connectivity index (χ1n) is 12.2. The van der Waals surface area contributed by atoms with Gasteiger partial charge in [0.2, 0.25) is 10.0 Å². The molecular formula is C25H38FN3O5S. The molecular weight excluding hydrogens is 473 g/mol. The minimum atomic E-state index is -3.76. The maximum absolute atomic E-state index is 13.3. The maximum atomic E-state index is 13.3. The number of amides is 1. The Labute approximate surface area is 207 Å². The van der Waals surface area contributed by atoms with Crippen LogP contribution in [0.3, 0.4) is 0 Å². The van der Waals surface area contributed by atoms with E-state index in [0.29, 0.717) is 19.5 Å². The fourth-order valence-electron chi connectivity index (χ4n) is 5.62. The van der Waals surface area contributed by atoms with Crippen molar-refractivity contribution >= 4 is 22.4 Å². The Morgan fingerprint density at radius 1 is 1.23 bits per heavy atom. The van der Waals surface area contributed by atoms with Crippen LogP contribution in [-0.4, -0.2) is 65.9 Å². The minimum absolute atomic E-state index is 0.00492. The first-order chi connectivity index (χ1) is 16.3. The van der Waals surface area contributed by atoms with Gasteiger partial charge in [0.25, 0.3) is 0 Å². The molecule has 1 amide bonds. The van der Waals surface area contributed by atoms with Crippen LogP contribution in [0.15, 0.2) is 29.2 Å². The van der Waals surface area contributed by atoms with Gasteiger partial charge < -0.3 is 9.90 Å². The molecule has 8 nitrogen and oxygen atoms in total. The van der Waals surface area contributed by atoms with E-state index in [-0.39, 0.29) is 28.7 Å². The Bertz CT molecular complexity index is 1010. The first-order valence-corrected chi connectivity index (χ1v) is 13.7. The molecule has 1 saturated heterocycles. The van der Waals surface area contributed by atoms with Crippen LogP contribution in [0.2, 0.25) is 0 Å². The highest BCUT2D eigenvalue weighted by molar-refractivity contribution is 7.89. The molecule has 5 atom stereocenters. The highest BCUT2D eigenvalue weighted by Gasteiger charge is 2.48. The van der Waals surface area contributed by atoms with E-state index < -0.39 is 39.6 Å². The Morgan fingerprint density at radius 3 is 2.37 bits per heavy atom. The third kappa shape index (κ3) is 6.03. The fourth-order valence-corrected chi connectivity index (χ4v) is 7.15. The molecule has 196 valence electrons. The number of sulfonamides is 1. The number of carboxylic acid groups (broad SMARTS) is 1. The molecule has 1 aromatic rings. The van der Waals surface area contributed by atoms with Crippen molar-refractivity contribution in [2.45, 2.75) is 76.5 Å². The molecule has 1 aliphatic heterocycles. The van der Waals surface area contributed by atoms with Gasteiger partial charge in [-0.3, -0.25) is 10.2 Å². The number of rotatable bonds is 9. The Morgan fingerprint density at radius 2 is 1.86 bits per heavy atom. The lowest BCUT2D eigenvalue weighted by atomic mass is 9.90. The number of fused-ring (bicyclic) bond motifs is 1. The zero-order chi connectivity index (χ0) is 26.1. The standard InChI is InChI=1S/C25H38FN3O5S/c1-16(2)12-18(15-30)23(29(24(31)32)25(3,4)5)27-22-11-6-17-13-28(14-21(17)22)35(33,34)20-9-7-19(26)8-10-20/h7-10,15-18,21-23,27H,6,11-14H2,1-5H3,(H,31,32)/t17-,18?,21+,22+,23-/m0/s1. The van der Waals surface area contributed by atoms with Crippen molar-refractivity contribution in [1.29, 1.82) is 0 Å². The number of carbonyl (C=O) groups excluding carboxylic acids is 1. The number of halogens is 1. The summed E-state index contributed by atoms with van der Waals surface area (Å²) in [7, 11) is -3.76. The van der Waals surface area contributed by atoms with E-state index >= 15 is 0 Å². The number of nitrogens with zero attached hydrogens (tertiary/aromatic N) is 2. The monoisotopic (exact) mass is 511 g/mol. The fraction of sp³-hybridized carbons (Fsp3) is 0.680. The molecule has 1 saturated carbocycles. The molecule has 35 heavy (non-hydrogen) atoms. The second-order valence-electron chi connectivity index (χ2n) is 11.2. The molecule has 3 rings (SSSR count). The van der Waals surface area contributed by atoms with Gasteiger partial charge in [-0.1, -0.05) is 13.8 Å². The summed E-state index contributed by atoms with van der Waals surface area (Å²) in [6.45, 7) is 10.1. The van der Waals surface area contributed by atoms with Crippen LogP contribution in [0.1, 0.15) is 53.9 Å². The largest absolute Gasteiger partial charge is 0.465 e. The average molecular weight is 512 g/mol. The van der Waals surface area contributed by atoms with Crippen molar-refractivity contribution in [3.05, 3.63) is 30.1 Å². The lowest BCUT2D eigenvalue weighted by molar-refractivity contribution is -0.115. The van der Waals surface area contributed by atoms with Gasteiger partial charge in [0, 0.05) is 30.6 Å². The van der Waals surface area contributed by atoms with Crippen molar-refractivity contribution < 1.29 is 27.5 Å². The summed E-state index contributed by atoms with van der Waals surface area (Å²) >= 11 is 0. The van der Waals surface area contributed by atoms with Gasteiger partial charge >= 0.3 is 6.09 Å². The van der Waals surface area contributed by atoms with Gasteiger partial charge in [-0.2, -0.15) is 4.31 Å². The SMILES string of the molecule is CC(C)CC(C=O)[C@@H](N[C@@H]1CC[C@H]2CN(S(=O)(=O)c3ccc(F)cc3)C[C@H]21)N(C(=O)O)C(C)(C)C. The molecule has 0 aromatic heterocycles. The predicted molar refractivity (Wildman–Crippen MR) is 131 cm³/mol. The lowest BCUT2D eigenvalue weighted by Gasteiger charge is -2.44. The summed E-state index contributed by atoms with van der Waals surface area (Å²) in [5, 5.41) is 13.6. The van der Waals surface area contributed by atoms with Gasteiger partial charge in [0.1, 0.15) is 12.1 Å². The molecule has 2 aliphatic rings. The Hall–Kier alpha value is -2.04. The summed E-state index contributed by atoms with van der Waals surface area (Å²) < 4.78 is 41.1. The molecule has 0 bridgehead atoms. The molecule has 1 heterocycles. The number of hydrogen-bond acceptors (Lipinski definition) is 5. The third-order valence-electron chi connectivity index (χ3n) is 7.19. The molecule has 1 aliphatic carbocycles. The minimum Gasteiger partial charge on any atom is -0.465 e. The van der Waals surface area contributed by atoms with E-state index in [2.05, 4.69) is 5.32 Å². The van der Waals surface area contributed by atoms with Crippen molar-refractivity contribution in [1.82, 2.24) is 14.5 Å². The van der Waals surface area contributed by atoms with Crippen molar-refractivity contribution in [2.75, 3.05) is 13.1 Å². The summed E-state index contributed by atoms with van der Waals surface area (Å²) in [6.07, 6.45) is 1.13. The van der Waals surface area contributed by atoms with Crippen LogP contribution >= 0.6 is 0 Å². The van der Waals surface area contributed by atoms with Crippen molar-refractivity contribution in [3.63, 3.8) is 0 Å². The van der Waals surface area contributed by atoms with Crippen LogP contribution in [0, 0.1) is 29.5 Å². The van der Waals surface area contributed by atoms with Crippen LogP contribution < -0.4 is 5.32 Å². The Balaban J connectivity index is 1.84. The van der Waals surface area contributed by atoms with Gasteiger partial charge in [-0.25, -0.2) is 17.6 Å². The van der Waals surface area contributed by atoms with E-state index in [1.54, 1.807) is 20.8 Å². The predicted octanol–water partition coefficient (Wildman–Crippen LogP) is 3.78. The highest BCUT2D eigenvalue weighted by atomic mass is 32.2. The summed E-state index contributed by atoms with van der Waals surface area (Å²) in [5.74, 6) is -0.703. The molecule has 1 unspecified atom stereocenters. The second-order valence-corrected chi connectivity index (χ2v) is 13.2. The van der Waals surface area contributed by atoms with E-state index in [1.165, 1.54) is 21.3 Å². The summed E-state index contributed by atoms with van der Waals surface area (Å²) in [6, 6.07) is 4.70. The molecule has 1 aromatic carbocycles. The van der Waals surface area contributed by atoms with E-state index in [1.807, 2.05) is 13.8 Å². The summed E-state index contributed by atoms with van der Waals surface area (Å²) in [5.41, 5.74) is -0.743. The molecule has 2 fully saturated rings. The maximum Gasteiger partial charge on any atom is 0.409 e. The molecule has 0 spiro atoms. The van der Waals surface area contributed by atoms with Crippen LogP contribution in [-0.2, 0) is 14.8 Å². The summed E-state index contributed by atoms with van der Waals surface area (Å²) in [4.78, 5) is 25.8. The lowest BCUT2D eigenvalue weighted by Crippen LogP contribution is -2.62. The van der Waals surface area contributed by atoms with Gasteiger partial charge in [-0.15, -0.1) is 0 Å². The van der Waals surface area contributed by atoms with E-state index in [4.69, 9.17) is 0 Å². The quantitative estimate of drug-likeness (QED) is 0.386. The van der Waals surface area contributed by atoms with Crippen LogP contribution in [0.25, 0.3) is 0 Å². The highest BCUT2D eigenvalue weighted by Crippen LogP contribution is 2.41. The second kappa shape index (κ2) is 10.5. The normalized spacial score (nSPS) is 24.8. The zero-order valence-electron chi connectivity index (χ0n) is 21.1. The molecule has 0 radical (unpaired) electrons. The van der Waals surface area contributed by atoms with Gasteiger partial charge in [0.05, 0.1) is 11.1 Å². The number of nitrogens with one attached hydrogen (secondary N) is 1. The molecule has 10 heteroatoms. The van der Waals surface area contributed by atoms with Gasteiger partial charge in [-0.05, 0) is 82.1 Å². The van der Waals surface area contributed by atoms with E-state index in [9.17, 15) is 27.5 Å². The third-order valence-corrected chi connectivity index (χ3v) is 9.04. The average Bonchev–Trinajstić information content (AvgIpc) is 3.33. The van der Waals surface area contributed by atoms with E-state index in [0.717, 1.165) is 31.3 Å². The number of aldehydes is 1. The number of hydrogen-bond donors (Lipinski definition) is 2. The Kier molecular flexibility index (Phi) is 8.28. The smallest absolute Gasteiger partial charge is 0.409 e. The van der Waals surface area contributed by atoms with Crippen LogP contribution in [0.4, 0.5) is 9.18 Å².